The number of hydrogen-bond donors (Lipinski definition) is 4. The average molecular weight is 401 g/mol. The van der Waals surface area contributed by atoms with Crippen molar-refractivity contribution in [1.29, 1.82) is 0 Å². The Morgan fingerprint density at radius 3 is 2.14 bits per heavy atom. The highest BCUT2D eigenvalue weighted by Gasteiger charge is 2.45. The highest BCUT2D eigenvalue weighted by atomic mass is 16.7. The van der Waals surface area contributed by atoms with Crippen molar-refractivity contribution in [2.45, 2.75) is 72.8 Å². The van der Waals surface area contributed by atoms with Crippen molar-refractivity contribution in [3.8, 4) is 0 Å². The van der Waals surface area contributed by atoms with Gasteiger partial charge in [-0.05, 0) is 47.5 Å². The molecule has 6 heteroatoms. The summed E-state index contributed by atoms with van der Waals surface area (Å²) in [5, 5.41) is 39.3. The van der Waals surface area contributed by atoms with Gasteiger partial charge < -0.3 is 29.9 Å². The van der Waals surface area contributed by atoms with Gasteiger partial charge in [0.25, 0.3) is 0 Å². The summed E-state index contributed by atoms with van der Waals surface area (Å²) in [5.74, 6) is 2.40. The second-order valence-electron chi connectivity index (χ2n) is 9.55. The van der Waals surface area contributed by atoms with Crippen molar-refractivity contribution < 1.29 is 29.9 Å². The van der Waals surface area contributed by atoms with Crippen LogP contribution in [0.2, 0.25) is 0 Å². The first-order valence-electron chi connectivity index (χ1n) is 10.7. The highest BCUT2D eigenvalue weighted by molar-refractivity contribution is 5.16. The van der Waals surface area contributed by atoms with Crippen LogP contribution in [0.1, 0.15) is 48.0 Å². The second-order valence-corrected chi connectivity index (χ2v) is 9.55. The zero-order chi connectivity index (χ0) is 21.2. The standard InChI is InChI=1S/C22H40O6/c1-11(2)15-8-7-14(17(12(3)4)18(15)13(5)6)10-27-22-16(9-23)19(24)20(25)21(26)28-22/h7,11-13,15-26H,8-10H2,1-6H3. The molecule has 1 aliphatic carbocycles. The van der Waals surface area contributed by atoms with E-state index in [2.05, 4.69) is 47.6 Å². The Kier molecular flexibility index (Phi) is 8.50. The van der Waals surface area contributed by atoms with Gasteiger partial charge in [0, 0.05) is 0 Å². The van der Waals surface area contributed by atoms with E-state index in [4.69, 9.17) is 9.47 Å². The van der Waals surface area contributed by atoms with Gasteiger partial charge in [-0.15, -0.1) is 0 Å². The van der Waals surface area contributed by atoms with Crippen LogP contribution in [0.5, 0.6) is 0 Å². The number of rotatable bonds is 7. The van der Waals surface area contributed by atoms with Gasteiger partial charge in [0.15, 0.2) is 12.6 Å². The lowest BCUT2D eigenvalue weighted by molar-refractivity contribution is -0.330. The topological polar surface area (TPSA) is 99.4 Å². The van der Waals surface area contributed by atoms with Crippen molar-refractivity contribution in [1.82, 2.24) is 0 Å². The SMILES string of the molecule is CC(C)C1CC=C(COC2OC(O)C(O)C(O)C2CO)C(C(C)C)C1C(C)C. The first kappa shape index (κ1) is 23.8. The molecule has 2 rings (SSSR count). The summed E-state index contributed by atoms with van der Waals surface area (Å²) in [7, 11) is 0. The van der Waals surface area contributed by atoms with Crippen LogP contribution in [0.3, 0.4) is 0 Å². The van der Waals surface area contributed by atoms with Gasteiger partial charge in [-0.1, -0.05) is 47.6 Å². The molecule has 8 atom stereocenters. The summed E-state index contributed by atoms with van der Waals surface area (Å²) in [6.45, 7) is 13.6. The van der Waals surface area contributed by atoms with E-state index in [1.807, 2.05) is 0 Å². The van der Waals surface area contributed by atoms with Crippen LogP contribution in [0.25, 0.3) is 0 Å². The van der Waals surface area contributed by atoms with Crippen molar-refractivity contribution in [3.05, 3.63) is 11.6 Å². The van der Waals surface area contributed by atoms with Crippen LogP contribution >= 0.6 is 0 Å². The van der Waals surface area contributed by atoms with Crippen LogP contribution in [-0.4, -0.2) is 58.4 Å². The third kappa shape index (κ3) is 4.97. The van der Waals surface area contributed by atoms with E-state index in [9.17, 15) is 20.4 Å². The molecule has 8 unspecified atom stereocenters. The fourth-order valence-corrected chi connectivity index (χ4v) is 5.18. The van der Waals surface area contributed by atoms with Crippen molar-refractivity contribution in [3.63, 3.8) is 0 Å². The monoisotopic (exact) mass is 400 g/mol. The number of aliphatic hydroxyl groups is 4. The molecule has 0 radical (unpaired) electrons. The molecule has 0 aromatic carbocycles. The predicted octanol–water partition coefficient (Wildman–Crippen LogP) is 2.15. The molecule has 1 aliphatic heterocycles. The minimum absolute atomic E-state index is 0.327. The van der Waals surface area contributed by atoms with Crippen molar-refractivity contribution >= 4 is 0 Å². The number of allylic oxidation sites excluding steroid dienone is 1. The number of hydrogen-bond acceptors (Lipinski definition) is 6. The molecule has 0 amide bonds. The molecule has 1 fully saturated rings. The fraction of sp³-hybridized carbons (Fsp3) is 0.909. The van der Waals surface area contributed by atoms with Crippen LogP contribution < -0.4 is 0 Å². The summed E-state index contributed by atoms with van der Waals surface area (Å²) in [5.41, 5.74) is 1.22. The molecule has 0 spiro atoms. The third-order valence-corrected chi connectivity index (χ3v) is 6.66. The number of aliphatic hydroxyl groups excluding tert-OH is 4. The lowest BCUT2D eigenvalue weighted by Crippen LogP contribution is -2.56. The summed E-state index contributed by atoms with van der Waals surface area (Å²) in [6.07, 6.45) is -1.95. The van der Waals surface area contributed by atoms with Gasteiger partial charge in [-0.25, -0.2) is 0 Å². The van der Waals surface area contributed by atoms with E-state index >= 15 is 0 Å². The second kappa shape index (κ2) is 10.0. The molecule has 164 valence electrons. The molecular formula is C22H40O6. The summed E-state index contributed by atoms with van der Waals surface area (Å²) >= 11 is 0. The quantitative estimate of drug-likeness (QED) is 0.489. The Morgan fingerprint density at radius 2 is 1.64 bits per heavy atom. The molecule has 0 aromatic heterocycles. The minimum Gasteiger partial charge on any atom is -0.396 e. The van der Waals surface area contributed by atoms with Gasteiger partial charge in [0.1, 0.15) is 6.10 Å². The fourth-order valence-electron chi connectivity index (χ4n) is 5.18. The Labute approximate surface area is 169 Å². The maximum atomic E-state index is 10.1. The van der Waals surface area contributed by atoms with Gasteiger partial charge in [0.2, 0.25) is 0 Å². The molecule has 28 heavy (non-hydrogen) atoms. The van der Waals surface area contributed by atoms with Crippen LogP contribution in [0, 0.1) is 41.4 Å². The first-order valence-corrected chi connectivity index (χ1v) is 10.7. The van der Waals surface area contributed by atoms with E-state index in [0.29, 0.717) is 42.1 Å². The van der Waals surface area contributed by atoms with E-state index < -0.39 is 37.3 Å². The molecule has 1 heterocycles. The van der Waals surface area contributed by atoms with Crippen LogP contribution in [0.4, 0.5) is 0 Å². The molecule has 4 N–H and O–H groups in total. The van der Waals surface area contributed by atoms with Crippen LogP contribution in [-0.2, 0) is 9.47 Å². The Balaban J connectivity index is 2.17. The van der Waals surface area contributed by atoms with Crippen molar-refractivity contribution in [2.75, 3.05) is 13.2 Å². The zero-order valence-electron chi connectivity index (χ0n) is 18.2. The first-order chi connectivity index (χ1) is 13.1. The van der Waals surface area contributed by atoms with Gasteiger partial charge in [-0.3, -0.25) is 0 Å². The van der Waals surface area contributed by atoms with Gasteiger partial charge in [0.05, 0.1) is 25.2 Å². The predicted molar refractivity (Wildman–Crippen MR) is 107 cm³/mol. The summed E-state index contributed by atoms with van der Waals surface area (Å²) in [4.78, 5) is 0. The molecule has 6 nitrogen and oxygen atoms in total. The lowest BCUT2D eigenvalue weighted by Gasteiger charge is -2.45. The summed E-state index contributed by atoms with van der Waals surface area (Å²) < 4.78 is 11.3. The zero-order valence-corrected chi connectivity index (χ0v) is 18.2. The molecule has 1 saturated heterocycles. The van der Waals surface area contributed by atoms with E-state index in [1.165, 1.54) is 5.57 Å². The van der Waals surface area contributed by atoms with E-state index in [1.54, 1.807) is 0 Å². The van der Waals surface area contributed by atoms with E-state index in [0.717, 1.165) is 6.42 Å². The third-order valence-electron chi connectivity index (χ3n) is 6.66. The Hall–Kier alpha value is -0.500. The Bertz CT molecular complexity index is 517. The Morgan fingerprint density at radius 1 is 1.00 bits per heavy atom. The average Bonchev–Trinajstić information content (AvgIpc) is 2.63. The molecule has 2 aliphatic rings. The van der Waals surface area contributed by atoms with Gasteiger partial charge in [-0.2, -0.15) is 0 Å². The van der Waals surface area contributed by atoms with Gasteiger partial charge >= 0.3 is 0 Å². The smallest absolute Gasteiger partial charge is 0.186 e. The number of ether oxygens (including phenoxy) is 2. The maximum absolute atomic E-state index is 10.1. The maximum Gasteiger partial charge on any atom is 0.186 e. The molecule has 0 saturated carbocycles. The van der Waals surface area contributed by atoms with Crippen molar-refractivity contribution in [2.24, 2.45) is 41.4 Å². The highest BCUT2D eigenvalue weighted by Crippen LogP contribution is 2.46. The molecule has 0 bridgehead atoms. The largest absolute Gasteiger partial charge is 0.396 e. The minimum atomic E-state index is -1.53. The molecular weight excluding hydrogens is 360 g/mol. The van der Waals surface area contributed by atoms with E-state index in [-0.39, 0.29) is 0 Å². The normalized spacial score (nSPS) is 39.7. The summed E-state index contributed by atoms with van der Waals surface area (Å²) in [6, 6.07) is 0. The molecule has 0 aromatic rings. The van der Waals surface area contributed by atoms with Crippen LogP contribution in [0.15, 0.2) is 11.6 Å². The lowest BCUT2D eigenvalue weighted by atomic mass is 9.61.